The van der Waals surface area contributed by atoms with E-state index in [1.807, 2.05) is 13.8 Å². The molecule has 0 aromatic carbocycles. The second-order valence-corrected chi connectivity index (χ2v) is 4.54. The summed E-state index contributed by atoms with van der Waals surface area (Å²) >= 11 is 0. The molecule has 0 radical (unpaired) electrons. The van der Waals surface area contributed by atoms with Crippen LogP contribution < -0.4 is 5.32 Å². The van der Waals surface area contributed by atoms with Gasteiger partial charge in [-0.1, -0.05) is 13.8 Å². The summed E-state index contributed by atoms with van der Waals surface area (Å²) in [7, 11) is 0. The fourth-order valence-corrected chi connectivity index (χ4v) is 1.76. The third kappa shape index (κ3) is 3.87. The molecule has 2 amide bonds. The topological polar surface area (TPSA) is 89.9 Å². The summed E-state index contributed by atoms with van der Waals surface area (Å²) in [5, 5.41) is 20.7. The summed E-state index contributed by atoms with van der Waals surface area (Å²) in [4.78, 5) is 24.8. The lowest BCUT2D eigenvalue weighted by Crippen LogP contribution is -2.58. The molecule has 0 aromatic rings. The monoisotopic (exact) mass is 260 g/mol. The Kier molecular flexibility index (Phi) is 6.68. The molecule has 18 heavy (non-hydrogen) atoms. The van der Waals surface area contributed by atoms with E-state index in [2.05, 4.69) is 5.32 Å². The molecule has 0 saturated heterocycles. The van der Waals surface area contributed by atoms with E-state index < -0.39 is 17.5 Å². The number of amides is 2. The van der Waals surface area contributed by atoms with Crippen molar-refractivity contribution in [3.8, 4) is 0 Å². The lowest BCUT2D eigenvalue weighted by atomic mass is 9.93. The van der Waals surface area contributed by atoms with E-state index in [0.717, 1.165) is 0 Å². The number of carbonyl (C=O) groups is 2. The van der Waals surface area contributed by atoms with E-state index in [9.17, 15) is 14.7 Å². The molecular weight excluding hydrogens is 236 g/mol. The van der Waals surface area contributed by atoms with Crippen molar-refractivity contribution in [1.82, 2.24) is 10.2 Å². The van der Waals surface area contributed by atoms with E-state index in [0.29, 0.717) is 12.8 Å². The van der Waals surface area contributed by atoms with Crippen LogP contribution in [-0.2, 0) is 4.79 Å². The van der Waals surface area contributed by atoms with E-state index in [4.69, 9.17) is 5.11 Å². The summed E-state index contributed by atoms with van der Waals surface area (Å²) in [5.74, 6) is -1.03. The van der Waals surface area contributed by atoms with Crippen molar-refractivity contribution < 1.29 is 19.8 Å². The molecule has 0 bridgehead atoms. The Morgan fingerprint density at radius 3 is 2.06 bits per heavy atom. The van der Waals surface area contributed by atoms with Crippen LogP contribution in [0.2, 0.25) is 0 Å². The molecule has 0 heterocycles. The maximum absolute atomic E-state index is 12.1. The molecule has 0 aromatic heterocycles. The predicted molar refractivity (Wildman–Crippen MR) is 68.4 cm³/mol. The molecule has 6 nitrogen and oxygen atoms in total. The van der Waals surface area contributed by atoms with Gasteiger partial charge in [-0.2, -0.15) is 0 Å². The van der Waals surface area contributed by atoms with Crippen LogP contribution in [0, 0.1) is 0 Å². The van der Waals surface area contributed by atoms with Gasteiger partial charge >= 0.3 is 12.0 Å². The van der Waals surface area contributed by atoms with Crippen LogP contribution in [0.4, 0.5) is 4.79 Å². The number of rotatable bonds is 7. The van der Waals surface area contributed by atoms with Crippen molar-refractivity contribution in [2.24, 2.45) is 0 Å². The number of carboxylic acid groups (broad SMARTS) is 1. The quantitative estimate of drug-likeness (QED) is 0.638. The highest BCUT2D eigenvalue weighted by Crippen LogP contribution is 2.16. The number of carboxylic acids is 1. The first-order valence-electron chi connectivity index (χ1n) is 6.27. The Morgan fingerprint density at radius 1 is 1.28 bits per heavy atom. The van der Waals surface area contributed by atoms with Crippen molar-refractivity contribution >= 4 is 12.0 Å². The van der Waals surface area contributed by atoms with Gasteiger partial charge in [0, 0.05) is 12.6 Å². The third-order valence-electron chi connectivity index (χ3n) is 3.19. The molecule has 0 fully saturated rings. The molecule has 0 aliphatic carbocycles. The first-order chi connectivity index (χ1) is 8.34. The number of hydrogen-bond acceptors (Lipinski definition) is 3. The van der Waals surface area contributed by atoms with Crippen LogP contribution in [0.1, 0.15) is 40.5 Å². The number of hydrogen-bond donors (Lipinski definition) is 3. The van der Waals surface area contributed by atoms with E-state index in [1.165, 1.54) is 4.90 Å². The number of aliphatic carboxylic acids is 1. The standard InChI is InChI=1S/C12H24N2O4/c1-5-12(6-2,10(16)17)13-11(18)14(7-8-15)9(3)4/h9,15H,5-8H2,1-4H3,(H,13,18)(H,16,17). The van der Waals surface area contributed by atoms with Gasteiger partial charge in [-0.3, -0.25) is 0 Å². The Bertz CT molecular complexity index is 288. The summed E-state index contributed by atoms with van der Waals surface area (Å²) in [6.07, 6.45) is 0.630. The number of aliphatic hydroxyl groups is 1. The summed E-state index contributed by atoms with van der Waals surface area (Å²) in [6, 6.07) is -0.553. The summed E-state index contributed by atoms with van der Waals surface area (Å²) in [6.45, 7) is 7.12. The zero-order valence-electron chi connectivity index (χ0n) is 11.6. The van der Waals surface area contributed by atoms with Crippen molar-refractivity contribution in [1.29, 1.82) is 0 Å². The SMILES string of the molecule is CCC(CC)(NC(=O)N(CCO)C(C)C)C(=O)O. The van der Waals surface area contributed by atoms with Crippen LogP contribution in [-0.4, -0.2) is 51.8 Å². The highest BCUT2D eigenvalue weighted by Gasteiger charge is 2.37. The van der Waals surface area contributed by atoms with Gasteiger partial charge in [-0.15, -0.1) is 0 Å². The van der Waals surface area contributed by atoms with Crippen LogP contribution in [0.15, 0.2) is 0 Å². The lowest BCUT2D eigenvalue weighted by Gasteiger charge is -2.33. The van der Waals surface area contributed by atoms with Gasteiger partial charge in [0.05, 0.1) is 6.61 Å². The summed E-state index contributed by atoms with van der Waals surface area (Å²) < 4.78 is 0. The smallest absolute Gasteiger partial charge is 0.329 e. The number of carbonyl (C=O) groups excluding carboxylic acids is 1. The second-order valence-electron chi connectivity index (χ2n) is 4.54. The van der Waals surface area contributed by atoms with Crippen molar-refractivity contribution in [3.05, 3.63) is 0 Å². The molecule has 0 rings (SSSR count). The lowest BCUT2D eigenvalue weighted by molar-refractivity contribution is -0.144. The highest BCUT2D eigenvalue weighted by molar-refractivity contribution is 5.86. The molecule has 0 aliphatic rings. The Hall–Kier alpha value is -1.30. The third-order valence-corrected chi connectivity index (χ3v) is 3.19. The number of nitrogens with zero attached hydrogens (tertiary/aromatic N) is 1. The molecule has 0 atom stereocenters. The zero-order chi connectivity index (χ0) is 14.3. The molecule has 6 heteroatoms. The molecular formula is C12H24N2O4. The van der Waals surface area contributed by atoms with Gasteiger partial charge in [-0.05, 0) is 26.7 Å². The number of nitrogens with one attached hydrogen (secondary N) is 1. The van der Waals surface area contributed by atoms with E-state index in [-0.39, 0.29) is 19.2 Å². The van der Waals surface area contributed by atoms with E-state index >= 15 is 0 Å². The highest BCUT2D eigenvalue weighted by atomic mass is 16.4. The minimum Gasteiger partial charge on any atom is -0.480 e. The zero-order valence-corrected chi connectivity index (χ0v) is 11.6. The van der Waals surface area contributed by atoms with Crippen LogP contribution in [0.25, 0.3) is 0 Å². The number of urea groups is 1. The minimum absolute atomic E-state index is 0.0997. The maximum atomic E-state index is 12.1. The van der Waals surface area contributed by atoms with Gasteiger partial charge in [-0.25, -0.2) is 9.59 Å². The minimum atomic E-state index is -1.24. The average molecular weight is 260 g/mol. The van der Waals surface area contributed by atoms with Gasteiger partial charge in [0.25, 0.3) is 0 Å². The van der Waals surface area contributed by atoms with Gasteiger partial charge in [0.1, 0.15) is 5.54 Å². The Morgan fingerprint density at radius 2 is 1.78 bits per heavy atom. The Balaban J connectivity index is 4.92. The van der Waals surface area contributed by atoms with Crippen LogP contribution >= 0.6 is 0 Å². The molecule has 0 aliphatic heterocycles. The van der Waals surface area contributed by atoms with Crippen LogP contribution in [0.3, 0.4) is 0 Å². The first kappa shape index (κ1) is 16.7. The maximum Gasteiger partial charge on any atom is 0.329 e. The number of aliphatic hydroxyl groups excluding tert-OH is 1. The van der Waals surface area contributed by atoms with Gasteiger partial charge in [0.15, 0.2) is 0 Å². The molecule has 0 unspecified atom stereocenters. The van der Waals surface area contributed by atoms with Crippen molar-refractivity contribution in [2.45, 2.75) is 52.1 Å². The normalized spacial score (nSPS) is 11.4. The van der Waals surface area contributed by atoms with Crippen LogP contribution in [0.5, 0.6) is 0 Å². The fourth-order valence-electron chi connectivity index (χ4n) is 1.76. The molecule has 106 valence electrons. The fraction of sp³-hybridized carbons (Fsp3) is 0.833. The molecule has 3 N–H and O–H groups in total. The first-order valence-corrected chi connectivity index (χ1v) is 6.27. The molecule has 0 saturated carbocycles. The average Bonchev–Trinajstić information content (AvgIpc) is 2.31. The largest absolute Gasteiger partial charge is 0.480 e. The summed E-state index contributed by atoms with van der Waals surface area (Å²) in [5.41, 5.74) is -1.24. The molecule has 0 spiro atoms. The predicted octanol–water partition coefficient (Wildman–Crippen LogP) is 1.04. The Labute approximate surface area is 108 Å². The van der Waals surface area contributed by atoms with E-state index in [1.54, 1.807) is 13.8 Å². The van der Waals surface area contributed by atoms with Gasteiger partial charge in [0.2, 0.25) is 0 Å². The van der Waals surface area contributed by atoms with Gasteiger partial charge < -0.3 is 20.4 Å². The van der Waals surface area contributed by atoms with Crippen molar-refractivity contribution in [2.75, 3.05) is 13.2 Å². The van der Waals surface area contributed by atoms with Crippen molar-refractivity contribution in [3.63, 3.8) is 0 Å². The second kappa shape index (κ2) is 7.20.